The van der Waals surface area contributed by atoms with Gasteiger partial charge in [0.15, 0.2) is 0 Å². The Labute approximate surface area is 98.7 Å². The average molecular weight is 234 g/mol. The molecule has 0 heterocycles. The molecule has 1 saturated carbocycles. The quantitative estimate of drug-likeness (QED) is 0.725. The lowest BCUT2D eigenvalue weighted by Crippen LogP contribution is -2.38. The maximum absolute atomic E-state index is 11.4. The number of nitrogens with two attached hydrogens (primary N) is 2. The molecule has 2 rings (SSSR count). The first-order valence-electron chi connectivity index (χ1n) is 5.26. The molecule has 1 atom stereocenters. The number of rotatable bonds is 4. The Balaban J connectivity index is 2.32. The molecular formula is C12H14N2O3. The van der Waals surface area contributed by atoms with Crippen molar-refractivity contribution in [2.45, 2.75) is 12.3 Å². The van der Waals surface area contributed by atoms with Gasteiger partial charge in [0.25, 0.3) is 0 Å². The van der Waals surface area contributed by atoms with E-state index in [4.69, 9.17) is 16.2 Å². The highest BCUT2D eigenvalue weighted by molar-refractivity contribution is 6.08. The van der Waals surface area contributed by atoms with E-state index in [1.54, 1.807) is 25.3 Å². The zero-order valence-electron chi connectivity index (χ0n) is 9.47. The van der Waals surface area contributed by atoms with Crippen molar-refractivity contribution in [3.8, 4) is 5.75 Å². The smallest absolute Gasteiger partial charge is 0.233 e. The van der Waals surface area contributed by atoms with Crippen molar-refractivity contribution in [1.29, 1.82) is 0 Å². The number of carbonyl (C=O) groups is 2. The van der Waals surface area contributed by atoms with Crippen LogP contribution in [0.15, 0.2) is 24.3 Å². The minimum Gasteiger partial charge on any atom is -0.497 e. The van der Waals surface area contributed by atoms with Crippen LogP contribution in [0.3, 0.4) is 0 Å². The van der Waals surface area contributed by atoms with E-state index in [1.165, 1.54) is 0 Å². The van der Waals surface area contributed by atoms with Crippen LogP contribution in [0.25, 0.3) is 0 Å². The fraction of sp³-hybridized carbons (Fsp3) is 0.333. The van der Waals surface area contributed by atoms with Crippen molar-refractivity contribution in [1.82, 2.24) is 0 Å². The third kappa shape index (κ3) is 1.63. The predicted molar refractivity (Wildman–Crippen MR) is 61.2 cm³/mol. The van der Waals surface area contributed by atoms with Crippen LogP contribution in [-0.4, -0.2) is 18.9 Å². The minimum atomic E-state index is -1.22. The van der Waals surface area contributed by atoms with Crippen LogP contribution in [0.4, 0.5) is 0 Å². The second-order valence-corrected chi connectivity index (χ2v) is 4.23. The number of primary amides is 2. The largest absolute Gasteiger partial charge is 0.497 e. The van der Waals surface area contributed by atoms with E-state index in [2.05, 4.69) is 0 Å². The third-order valence-electron chi connectivity index (χ3n) is 3.34. The summed E-state index contributed by atoms with van der Waals surface area (Å²) in [5.74, 6) is -0.861. The van der Waals surface area contributed by atoms with Crippen LogP contribution >= 0.6 is 0 Å². The summed E-state index contributed by atoms with van der Waals surface area (Å²) in [4.78, 5) is 22.7. The van der Waals surface area contributed by atoms with Crippen molar-refractivity contribution in [2.75, 3.05) is 7.11 Å². The molecule has 0 spiro atoms. The van der Waals surface area contributed by atoms with Crippen LogP contribution in [0, 0.1) is 5.41 Å². The zero-order chi connectivity index (χ0) is 12.6. The van der Waals surface area contributed by atoms with Gasteiger partial charge in [-0.25, -0.2) is 0 Å². The maximum Gasteiger partial charge on any atom is 0.233 e. The fourth-order valence-corrected chi connectivity index (χ4v) is 2.19. The Hall–Kier alpha value is -2.04. The number of hydrogen-bond acceptors (Lipinski definition) is 3. The standard InChI is InChI=1S/C12H14N2O3/c1-17-8-4-2-3-7(5-8)9-6-12(9,10(13)15)11(14)16/h2-5,9H,6H2,1H3,(H2,13,15)(H2,14,16). The van der Waals surface area contributed by atoms with E-state index < -0.39 is 17.2 Å². The summed E-state index contributed by atoms with van der Waals surface area (Å²) >= 11 is 0. The molecule has 2 amide bonds. The Morgan fingerprint density at radius 3 is 2.47 bits per heavy atom. The molecular weight excluding hydrogens is 220 g/mol. The first kappa shape index (κ1) is 11.4. The number of methoxy groups -OCH3 is 1. The van der Waals surface area contributed by atoms with Gasteiger partial charge < -0.3 is 16.2 Å². The van der Waals surface area contributed by atoms with Crippen molar-refractivity contribution in [2.24, 2.45) is 16.9 Å². The van der Waals surface area contributed by atoms with Gasteiger partial charge in [-0.2, -0.15) is 0 Å². The molecule has 1 unspecified atom stereocenters. The zero-order valence-corrected chi connectivity index (χ0v) is 9.47. The second-order valence-electron chi connectivity index (χ2n) is 4.23. The summed E-state index contributed by atoms with van der Waals surface area (Å²) in [5, 5.41) is 0. The van der Waals surface area contributed by atoms with Gasteiger partial charge in [0.05, 0.1) is 7.11 Å². The van der Waals surface area contributed by atoms with Crippen LogP contribution in [0.1, 0.15) is 17.9 Å². The van der Waals surface area contributed by atoms with E-state index >= 15 is 0 Å². The predicted octanol–water partition coefficient (Wildman–Crippen LogP) is 0.139. The first-order valence-corrected chi connectivity index (χ1v) is 5.26. The molecule has 4 N–H and O–H groups in total. The SMILES string of the molecule is COc1cccc(C2CC2(C(N)=O)C(N)=O)c1. The number of benzene rings is 1. The first-order chi connectivity index (χ1) is 8.02. The van der Waals surface area contributed by atoms with Crippen molar-refractivity contribution in [3.05, 3.63) is 29.8 Å². The van der Waals surface area contributed by atoms with E-state index in [0.717, 1.165) is 5.56 Å². The summed E-state index contributed by atoms with van der Waals surface area (Å²) in [5.41, 5.74) is 10.2. The number of hydrogen-bond donors (Lipinski definition) is 2. The number of amides is 2. The van der Waals surface area contributed by atoms with Gasteiger partial charge >= 0.3 is 0 Å². The van der Waals surface area contributed by atoms with Gasteiger partial charge in [0.2, 0.25) is 11.8 Å². The van der Waals surface area contributed by atoms with E-state index in [-0.39, 0.29) is 5.92 Å². The monoisotopic (exact) mass is 234 g/mol. The lowest BCUT2D eigenvalue weighted by atomic mass is 9.97. The Kier molecular flexibility index (Phi) is 2.53. The molecule has 1 aliphatic rings. The maximum atomic E-state index is 11.4. The summed E-state index contributed by atoms with van der Waals surface area (Å²) in [6.45, 7) is 0. The molecule has 0 aliphatic heterocycles. The van der Waals surface area contributed by atoms with Gasteiger partial charge in [-0.1, -0.05) is 12.1 Å². The lowest BCUT2D eigenvalue weighted by molar-refractivity contribution is -0.133. The van der Waals surface area contributed by atoms with Gasteiger partial charge in [0, 0.05) is 5.92 Å². The normalized spacial score (nSPS) is 20.6. The molecule has 0 bridgehead atoms. The number of ether oxygens (including phenoxy) is 1. The van der Waals surface area contributed by atoms with Crippen molar-refractivity contribution < 1.29 is 14.3 Å². The van der Waals surface area contributed by atoms with Crippen molar-refractivity contribution >= 4 is 11.8 Å². The number of carbonyl (C=O) groups excluding carboxylic acids is 2. The van der Waals surface area contributed by atoms with Gasteiger partial charge in [-0.3, -0.25) is 9.59 Å². The average Bonchev–Trinajstić information content (AvgIpc) is 3.05. The molecule has 90 valence electrons. The molecule has 0 aromatic heterocycles. The summed E-state index contributed by atoms with van der Waals surface area (Å²) in [7, 11) is 1.56. The molecule has 1 aromatic rings. The third-order valence-corrected chi connectivity index (χ3v) is 3.34. The summed E-state index contributed by atoms with van der Waals surface area (Å²) in [6.07, 6.45) is 0.380. The van der Waals surface area contributed by atoms with Gasteiger partial charge in [0.1, 0.15) is 11.2 Å². The summed E-state index contributed by atoms with van der Waals surface area (Å²) in [6, 6.07) is 7.22. The molecule has 5 nitrogen and oxygen atoms in total. The molecule has 0 saturated heterocycles. The Morgan fingerprint density at radius 1 is 1.35 bits per heavy atom. The highest BCUT2D eigenvalue weighted by Crippen LogP contribution is 2.59. The van der Waals surface area contributed by atoms with Crippen LogP contribution < -0.4 is 16.2 Å². The van der Waals surface area contributed by atoms with Crippen LogP contribution in [-0.2, 0) is 9.59 Å². The van der Waals surface area contributed by atoms with Gasteiger partial charge in [-0.05, 0) is 24.1 Å². The molecule has 1 fully saturated rings. The molecule has 1 aliphatic carbocycles. The Morgan fingerprint density at radius 2 is 2.00 bits per heavy atom. The minimum absolute atomic E-state index is 0.229. The fourth-order valence-electron chi connectivity index (χ4n) is 2.19. The van der Waals surface area contributed by atoms with Crippen molar-refractivity contribution in [3.63, 3.8) is 0 Å². The highest BCUT2D eigenvalue weighted by Gasteiger charge is 2.64. The topological polar surface area (TPSA) is 95.4 Å². The highest BCUT2D eigenvalue weighted by atomic mass is 16.5. The molecule has 17 heavy (non-hydrogen) atoms. The van der Waals surface area contributed by atoms with E-state index in [1.807, 2.05) is 6.07 Å². The summed E-state index contributed by atoms with van der Waals surface area (Å²) < 4.78 is 5.09. The molecule has 5 heteroatoms. The Bertz CT molecular complexity index is 470. The van der Waals surface area contributed by atoms with Crippen LogP contribution in [0.5, 0.6) is 5.75 Å². The van der Waals surface area contributed by atoms with E-state index in [0.29, 0.717) is 12.2 Å². The second kappa shape index (κ2) is 3.76. The molecule has 0 radical (unpaired) electrons. The molecule has 1 aromatic carbocycles. The van der Waals surface area contributed by atoms with Gasteiger partial charge in [-0.15, -0.1) is 0 Å². The lowest BCUT2D eigenvalue weighted by Gasteiger charge is -2.09. The van der Waals surface area contributed by atoms with Crippen LogP contribution in [0.2, 0.25) is 0 Å². The van der Waals surface area contributed by atoms with E-state index in [9.17, 15) is 9.59 Å².